The molecule has 100 valence electrons. The van der Waals surface area contributed by atoms with Gasteiger partial charge in [0, 0.05) is 33.2 Å². The number of ether oxygens (including phenoxy) is 1. The molecule has 5 heteroatoms. The average Bonchev–Trinajstić information content (AvgIpc) is 2.29. The van der Waals surface area contributed by atoms with Gasteiger partial charge in [0.25, 0.3) is 0 Å². The van der Waals surface area contributed by atoms with Crippen LogP contribution in [0, 0.1) is 0 Å². The van der Waals surface area contributed by atoms with Gasteiger partial charge in [-0.05, 0) is 20.8 Å². The van der Waals surface area contributed by atoms with Gasteiger partial charge in [-0.2, -0.15) is 0 Å². The third-order valence-electron chi connectivity index (χ3n) is 3.46. The standard InChI is InChI=1S/C12H25N3O2/c1-10(9-13)17-8-7-15-6-5-14(4)11(16)12(15,2)3/h10H,5-9,13H2,1-4H3. The van der Waals surface area contributed by atoms with Crippen LogP contribution in [0.2, 0.25) is 0 Å². The normalized spacial score (nSPS) is 22.9. The van der Waals surface area contributed by atoms with Crippen LogP contribution >= 0.6 is 0 Å². The predicted octanol–water partition coefficient (Wildman–Crippen LogP) is -0.0972. The Kier molecular flexibility index (Phi) is 4.91. The molecule has 1 saturated heterocycles. The summed E-state index contributed by atoms with van der Waals surface area (Å²) < 4.78 is 5.56. The van der Waals surface area contributed by atoms with Gasteiger partial charge < -0.3 is 15.4 Å². The van der Waals surface area contributed by atoms with Crippen molar-refractivity contribution in [2.45, 2.75) is 32.4 Å². The lowest BCUT2D eigenvalue weighted by atomic mass is 9.98. The topological polar surface area (TPSA) is 58.8 Å². The zero-order valence-corrected chi connectivity index (χ0v) is 11.4. The van der Waals surface area contributed by atoms with Crippen molar-refractivity contribution in [3.05, 3.63) is 0 Å². The number of carbonyl (C=O) groups excluding carboxylic acids is 1. The molecule has 0 aromatic heterocycles. The minimum atomic E-state index is -0.428. The largest absolute Gasteiger partial charge is 0.376 e. The highest BCUT2D eigenvalue weighted by molar-refractivity contribution is 5.86. The fraction of sp³-hybridized carbons (Fsp3) is 0.917. The molecule has 5 nitrogen and oxygen atoms in total. The van der Waals surface area contributed by atoms with Crippen molar-refractivity contribution < 1.29 is 9.53 Å². The van der Waals surface area contributed by atoms with Gasteiger partial charge in [0.2, 0.25) is 5.91 Å². The summed E-state index contributed by atoms with van der Waals surface area (Å²) in [7, 11) is 1.86. The molecule has 1 heterocycles. The Balaban J connectivity index is 2.45. The van der Waals surface area contributed by atoms with Crippen LogP contribution in [0.5, 0.6) is 0 Å². The Labute approximate surface area is 104 Å². The van der Waals surface area contributed by atoms with Crippen molar-refractivity contribution >= 4 is 5.91 Å². The third kappa shape index (κ3) is 3.40. The maximum atomic E-state index is 12.0. The Morgan fingerprint density at radius 1 is 1.47 bits per heavy atom. The monoisotopic (exact) mass is 243 g/mol. The third-order valence-corrected chi connectivity index (χ3v) is 3.46. The first-order valence-electron chi connectivity index (χ1n) is 6.22. The van der Waals surface area contributed by atoms with Gasteiger partial charge in [-0.3, -0.25) is 9.69 Å². The predicted molar refractivity (Wildman–Crippen MR) is 67.8 cm³/mol. The van der Waals surface area contributed by atoms with Crippen LogP contribution in [0.3, 0.4) is 0 Å². The van der Waals surface area contributed by atoms with E-state index in [9.17, 15) is 4.79 Å². The van der Waals surface area contributed by atoms with Gasteiger partial charge in [-0.1, -0.05) is 0 Å². The SMILES string of the molecule is CC(CN)OCCN1CCN(C)C(=O)C1(C)C. The Morgan fingerprint density at radius 2 is 2.12 bits per heavy atom. The Hall–Kier alpha value is -0.650. The summed E-state index contributed by atoms with van der Waals surface area (Å²) in [6, 6.07) is 0. The summed E-state index contributed by atoms with van der Waals surface area (Å²) in [4.78, 5) is 16.0. The van der Waals surface area contributed by atoms with Crippen LogP contribution in [0.1, 0.15) is 20.8 Å². The number of nitrogens with zero attached hydrogens (tertiary/aromatic N) is 2. The van der Waals surface area contributed by atoms with Crippen molar-refractivity contribution in [3.63, 3.8) is 0 Å². The molecule has 2 N–H and O–H groups in total. The van der Waals surface area contributed by atoms with Crippen LogP contribution in [0.4, 0.5) is 0 Å². The van der Waals surface area contributed by atoms with Crippen molar-refractivity contribution in [1.29, 1.82) is 0 Å². The smallest absolute Gasteiger partial charge is 0.242 e. The van der Waals surface area contributed by atoms with Gasteiger partial charge in [-0.25, -0.2) is 0 Å². The summed E-state index contributed by atoms with van der Waals surface area (Å²) in [5.41, 5.74) is 5.06. The highest BCUT2D eigenvalue weighted by atomic mass is 16.5. The van der Waals surface area contributed by atoms with E-state index < -0.39 is 5.54 Å². The van der Waals surface area contributed by atoms with Gasteiger partial charge in [0.15, 0.2) is 0 Å². The van der Waals surface area contributed by atoms with E-state index >= 15 is 0 Å². The second-order valence-electron chi connectivity index (χ2n) is 5.19. The molecule has 17 heavy (non-hydrogen) atoms. The fourth-order valence-corrected chi connectivity index (χ4v) is 2.08. The highest BCUT2D eigenvalue weighted by Gasteiger charge is 2.39. The maximum Gasteiger partial charge on any atom is 0.242 e. The molecular weight excluding hydrogens is 218 g/mol. The first-order chi connectivity index (χ1) is 7.89. The molecule has 1 amide bonds. The fourth-order valence-electron chi connectivity index (χ4n) is 2.08. The molecule has 0 bridgehead atoms. The number of hydrogen-bond acceptors (Lipinski definition) is 4. The molecule has 1 unspecified atom stereocenters. The van der Waals surface area contributed by atoms with Crippen LogP contribution in [-0.2, 0) is 9.53 Å². The Morgan fingerprint density at radius 3 is 2.71 bits per heavy atom. The maximum absolute atomic E-state index is 12.0. The van der Waals surface area contributed by atoms with Gasteiger partial charge in [0.05, 0.1) is 18.2 Å². The van der Waals surface area contributed by atoms with E-state index in [0.29, 0.717) is 13.2 Å². The number of amides is 1. The molecule has 0 saturated carbocycles. The van der Waals surface area contributed by atoms with Crippen LogP contribution in [-0.4, -0.2) is 67.2 Å². The number of rotatable bonds is 5. The number of piperazine rings is 1. The first kappa shape index (κ1) is 14.4. The zero-order chi connectivity index (χ0) is 13.1. The van der Waals surface area contributed by atoms with E-state index in [4.69, 9.17) is 10.5 Å². The van der Waals surface area contributed by atoms with Gasteiger partial charge >= 0.3 is 0 Å². The molecule has 1 aliphatic rings. The molecule has 1 fully saturated rings. The lowest BCUT2D eigenvalue weighted by Crippen LogP contribution is -2.62. The summed E-state index contributed by atoms with van der Waals surface area (Å²) >= 11 is 0. The lowest BCUT2D eigenvalue weighted by molar-refractivity contribution is -0.147. The van der Waals surface area contributed by atoms with E-state index in [-0.39, 0.29) is 12.0 Å². The van der Waals surface area contributed by atoms with E-state index in [1.54, 1.807) is 4.90 Å². The summed E-state index contributed by atoms with van der Waals surface area (Å²) in [5, 5.41) is 0. The summed E-state index contributed by atoms with van der Waals surface area (Å²) in [6.45, 7) is 9.51. The molecule has 1 rings (SSSR count). The van der Waals surface area contributed by atoms with Crippen molar-refractivity contribution in [1.82, 2.24) is 9.80 Å². The van der Waals surface area contributed by atoms with Gasteiger partial charge in [-0.15, -0.1) is 0 Å². The van der Waals surface area contributed by atoms with Crippen molar-refractivity contribution in [2.24, 2.45) is 5.73 Å². The van der Waals surface area contributed by atoms with E-state index in [2.05, 4.69) is 4.90 Å². The first-order valence-corrected chi connectivity index (χ1v) is 6.22. The summed E-state index contributed by atoms with van der Waals surface area (Å²) in [6.07, 6.45) is 0.0845. The molecule has 0 aliphatic carbocycles. The van der Waals surface area contributed by atoms with Gasteiger partial charge in [0.1, 0.15) is 0 Å². The van der Waals surface area contributed by atoms with E-state index in [0.717, 1.165) is 19.6 Å². The number of nitrogens with two attached hydrogens (primary N) is 1. The number of carbonyl (C=O) groups is 1. The quantitative estimate of drug-likeness (QED) is 0.733. The lowest BCUT2D eigenvalue weighted by Gasteiger charge is -2.44. The molecule has 0 radical (unpaired) electrons. The Bertz CT molecular complexity index is 268. The molecule has 0 spiro atoms. The highest BCUT2D eigenvalue weighted by Crippen LogP contribution is 2.21. The summed E-state index contributed by atoms with van der Waals surface area (Å²) in [5.74, 6) is 0.177. The molecule has 0 aromatic carbocycles. The number of hydrogen-bond donors (Lipinski definition) is 1. The van der Waals surface area contributed by atoms with E-state index in [1.165, 1.54) is 0 Å². The number of likely N-dealkylation sites (N-methyl/N-ethyl adjacent to an activating group) is 1. The molecular formula is C12H25N3O2. The minimum Gasteiger partial charge on any atom is -0.376 e. The molecule has 0 aromatic rings. The molecule has 1 atom stereocenters. The van der Waals surface area contributed by atoms with E-state index in [1.807, 2.05) is 27.8 Å². The average molecular weight is 243 g/mol. The minimum absolute atomic E-state index is 0.0845. The second kappa shape index (κ2) is 5.80. The van der Waals surface area contributed by atoms with Crippen molar-refractivity contribution in [2.75, 3.05) is 39.8 Å². The van der Waals surface area contributed by atoms with Crippen LogP contribution < -0.4 is 5.73 Å². The molecule has 1 aliphatic heterocycles. The van der Waals surface area contributed by atoms with Crippen LogP contribution in [0.25, 0.3) is 0 Å². The van der Waals surface area contributed by atoms with Crippen LogP contribution in [0.15, 0.2) is 0 Å². The van der Waals surface area contributed by atoms with Crippen molar-refractivity contribution in [3.8, 4) is 0 Å². The zero-order valence-electron chi connectivity index (χ0n) is 11.4. The second-order valence-corrected chi connectivity index (χ2v) is 5.19.